The lowest BCUT2D eigenvalue weighted by atomic mass is 10.1. The van der Waals surface area contributed by atoms with Gasteiger partial charge in [0.25, 0.3) is 0 Å². The van der Waals surface area contributed by atoms with Gasteiger partial charge in [-0.25, -0.2) is 9.18 Å². The number of halogens is 1. The second-order valence-electron chi connectivity index (χ2n) is 6.54. The molecule has 1 aliphatic heterocycles. The second-order valence-corrected chi connectivity index (χ2v) is 6.54. The number of carbonyl (C=O) groups is 3. The third-order valence-corrected chi connectivity index (χ3v) is 4.41. The molecular weight excluding hydrogens is 367 g/mol. The summed E-state index contributed by atoms with van der Waals surface area (Å²) in [5.41, 5.74) is 1.43. The minimum atomic E-state index is -1.10. The predicted molar refractivity (Wildman–Crippen MR) is 99.8 cm³/mol. The zero-order valence-corrected chi connectivity index (χ0v) is 15.1. The molecule has 3 rings (SSSR count). The number of hydrogen-bond donors (Lipinski definition) is 2. The number of anilines is 2. The summed E-state index contributed by atoms with van der Waals surface area (Å²) >= 11 is 0. The van der Waals surface area contributed by atoms with Crippen molar-refractivity contribution in [3.8, 4) is 5.75 Å². The van der Waals surface area contributed by atoms with Gasteiger partial charge in [-0.05, 0) is 42.8 Å². The highest BCUT2D eigenvalue weighted by molar-refractivity contribution is 6.03. The Morgan fingerprint density at radius 3 is 2.79 bits per heavy atom. The molecule has 28 heavy (non-hydrogen) atoms. The minimum Gasteiger partial charge on any atom is -0.482 e. The minimum absolute atomic E-state index is 0.0530. The van der Waals surface area contributed by atoms with Crippen molar-refractivity contribution in [3.63, 3.8) is 0 Å². The molecule has 2 aromatic rings. The highest BCUT2D eigenvalue weighted by Gasteiger charge is 2.35. The van der Waals surface area contributed by atoms with Crippen LogP contribution < -0.4 is 15.0 Å². The van der Waals surface area contributed by atoms with E-state index >= 15 is 0 Å². The molecular formula is C20H19FN2O5. The third-order valence-electron chi connectivity index (χ3n) is 4.41. The van der Waals surface area contributed by atoms with Crippen LogP contribution >= 0.6 is 0 Å². The molecule has 146 valence electrons. The Hall–Kier alpha value is -3.42. The Bertz CT molecular complexity index is 931. The first-order valence-corrected chi connectivity index (χ1v) is 8.65. The Labute approximate surface area is 160 Å². The lowest BCUT2D eigenvalue weighted by Gasteiger charge is -2.17. The molecule has 1 atom stereocenters. The van der Waals surface area contributed by atoms with Gasteiger partial charge in [0, 0.05) is 30.4 Å². The monoisotopic (exact) mass is 386 g/mol. The molecule has 0 saturated carbocycles. The van der Waals surface area contributed by atoms with E-state index in [9.17, 15) is 18.8 Å². The summed E-state index contributed by atoms with van der Waals surface area (Å²) in [5.74, 6) is -2.23. The number of aliphatic carboxylic acids is 1. The molecule has 0 aliphatic carbocycles. The van der Waals surface area contributed by atoms with Gasteiger partial charge in [-0.2, -0.15) is 0 Å². The molecule has 8 heteroatoms. The van der Waals surface area contributed by atoms with Crippen molar-refractivity contribution in [2.75, 3.05) is 23.4 Å². The van der Waals surface area contributed by atoms with Crippen molar-refractivity contribution in [1.82, 2.24) is 0 Å². The molecule has 0 spiro atoms. The van der Waals surface area contributed by atoms with E-state index in [2.05, 4.69) is 5.32 Å². The van der Waals surface area contributed by atoms with Gasteiger partial charge in [-0.15, -0.1) is 0 Å². The molecule has 0 bridgehead atoms. The van der Waals surface area contributed by atoms with Crippen LogP contribution in [0, 0.1) is 18.7 Å². The average molecular weight is 386 g/mol. The van der Waals surface area contributed by atoms with Gasteiger partial charge in [0.1, 0.15) is 11.6 Å². The number of benzene rings is 2. The fraction of sp³-hybridized carbons (Fsp3) is 0.250. The van der Waals surface area contributed by atoms with Crippen LogP contribution in [0.5, 0.6) is 5.75 Å². The van der Waals surface area contributed by atoms with Gasteiger partial charge in [0.05, 0.1) is 5.92 Å². The highest BCUT2D eigenvalue weighted by Crippen LogP contribution is 2.28. The first-order chi connectivity index (χ1) is 13.3. The smallest absolute Gasteiger partial charge is 0.341 e. The van der Waals surface area contributed by atoms with Crippen molar-refractivity contribution in [3.05, 3.63) is 53.8 Å². The van der Waals surface area contributed by atoms with E-state index < -0.39 is 18.5 Å². The van der Waals surface area contributed by atoms with E-state index in [0.29, 0.717) is 22.7 Å². The van der Waals surface area contributed by atoms with E-state index in [-0.39, 0.29) is 30.6 Å². The maximum atomic E-state index is 13.5. The lowest BCUT2D eigenvalue weighted by molar-refractivity contribution is -0.139. The second kappa shape index (κ2) is 8.08. The van der Waals surface area contributed by atoms with Crippen LogP contribution in [-0.4, -0.2) is 36.0 Å². The van der Waals surface area contributed by atoms with Crippen LogP contribution in [0.3, 0.4) is 0 Å². The molecule has 7 nitrogen and oxygen atoms in total. The summed E-state index contributed by atoms with van der Waals surface area (Å²) in [6, 6.07) is 10.8. The summed E-state index contributed by atoms with van der Waals surface area (Å²) in [6.45, 7) is 1.33. The van der Waals surface area contributed by atoms with Crippen LogP contribution in [0.4, 0.5) is 15.8 Å². The summed E-state index contributed by atoms with van der Waals surface area (Å²) in [6.07, 6.45) is 0.0530. The Kier molecular flexibility index (Phi) is 5.58. The summed E-state index contributed by atoms with van der Waals surface area (Å²) in [7, 11) is 0. The van der Waals surface area contributed by atoms with Gasteiger partial charge in [0.2, 0.25) is 11.8 Å². The predicted octanol–water partition coefficient (Wildman–Crippen LogP) is 2.59. The number of aryl methyl sites for hydroxylation is 1. The van der Waals surface area contributed by atoms with E-state index in [4.69, 9.17) is 9.84 Å². The maximum Gasteiger partial charge on any atom is 0.341 e. The molecule has 2 N–H and O–H groups in total. The third kappa shape index (κ3) is 4.46. The van der Waals surface area contributed by atoms with Crippen LogP contribution in [0.25, 0.3) is 0 Å². The van der Waals surface area contributed by atoms with Crippen LogP contribution in [-0.2, 0) is 14.4 Å². The van der Waals surface area contributed by atoms with Gasteiger partial charge >= 0.3 is 5.97 Å². The van der Waals surface area contributed by atoms with Crippen molar-refractivity contribution in [1.29, 1.82) is 0 Å². The number of ether oxygens (including phenoxy) is 1. The van der Waals surface area contributed by atoms with Crippen molar-refractivity contribution in [2.45, 2.75) is 13.3 Å². The first-order valence-electron chi connectivity index (χ1n) is 8.65. The number of carboxylic acids is 1. The van der Waals surface area contributed by atoms with E-state index in [1.807, 2.05) is 0 Å². The molecule has 0 aromatic heterocycles. The fourth-order valence-electron chi connectivity index (χ4n) is 2.98. The summed E-state index contributed by atoms with van der Waals surface area (Å²) < 4.78 is 18.5. The number of nitrogens with one attached hydrogen (secondary N) is 1. The van der Waals surface area contributed by atoms with E-state index in [0.717, 1.165) is 0 Å². The van der Waals surface area contributed by atoms with Gasteiger partial charge in [-0.3, -0.25) is 9.59 Å². The highest BCUT2D eigenvalue weighted by atomic mass is 19.1. The average Bonchev–Trinajstić information content (AvgIpc) is 3.04. The van der Waals surface area contributed by atoms with Gasteiger partial charge < -0.3 is 20.1 Å². The Balaban J connectivity index is 1.65. The van der Waals surface area contributed by atoms with Crippen molar-refractivity contribution in [2.24, 2.45) is 5.92 Å². The fourth-order valence-corrected chi connectivity index (χ4v) is 2.98. The molecule has 1 unspecified atom stereocenters. The lowest BCUT2D eigenvalue weighted by Crippen LogP contribution is -2.28. The zero-order chi connectivity index (χ0) is 20.3. The topological polar surface area (TPSA) is 95.9 Å². The zero-order valence-electron chi connectivity index (χ0n) is 15.1. The van der Waals surface area contributed by atoms with E-state index in [1.54, 1.807) is 31.2 Å². The van der Waals surface area contributed by atoms with Gasteiger partial charge in [-0.1, -0.05) is 6.07 Å². The number of rotatable bonds is 6. The van der Waals surface area contributed by atoms with Crippen molar-refractivity contribution < 1.29 is 28.6 Å². The number of hydrogen-bond acceptors (Lipinski definition) is 4. The van der Waals surface area contributed by atoms with Crippen LogP contribution in [0.2, 0.25) is 0 Å². The van der Waals surface area contributed by atoms with Crippen LogP contribution in [0.1, 0.15) is 12.0 Å². The van der Waals surface area contributed by atoms with Gasteiger partial charge in [0.15, 0.2) is 6.61 Å². The van der Waals surface area contributed by atoms with Crippen LogP contribution in [0.15, 0.2) is 42.5 Å². The van der Waals surface area contributed by atoms with E-state index in [1.165, 1.54) is 23.1 Å². The Morgan fingerprint density at radius 1 is 1.29 bits per heavy atom. The molecule has 2 amide bonds. The molecule has 1 fully saturated rings. The van der Waals surface area contributed by atoms with Crippen molar-refractivity contribution >= 4 is 29.2 Å². The maximum absolute atomic E-state index is 13.5. The SMILES string of the molecule is Cc1cc(N2CC(C(=O)Nc3cccc(OCC(=O)O)c3)CC2=O)ccc1F. The number of carboxylic acid groups (broad SMARTS) is 1. The normalized spacial score (nSPS) is 16.1. The number of amides is 2. The summed E-state index contributed by atoms with van der Waals surface area (Å²) in [5, 5.41) is 11.4. The Morgan fingerprint density at radius 2 is 2.07 bits per heavy atom. The summed E-state index contributed by atoms with van der Waals surface area (Å²) in [4.78, 5) is 36.9. The number of carbonyl (C=O) groups excluding carboxylic acids is 2. The number of nitrogens with zero attached hydrogens (tertiary/aromatic N) is 1. The largest absolute Gasteiger partial charge is 0.482 e. The quantitative estimate of drug-likeness (QED) is 0.796. The molecule has 2 aromatic carbocycles. The molecule has 0 radical (unpaired) electrons. The molecule has 1 saturated heterocycles. The molecule has 1 heterocycles. The standard InChI is InChI=1S/C20H19FN2O5/c1-12-7-15(5-6-17(12)21)23-10-13(8-18(23)24)20(27)22-14-3-2-4-16(9-14)28-11-19(25)26/h2-7,9,13H,8,10-11H2,1H3,(H,22,27)(H,25,26). The molecule has 1 aliphatic rings. The first kappa shape index (κ1) is 19.3.